The summed E-state index contributed by atoms with van der Waals surface area (Å²) in [6.45, 7) is 0.506. The fourth-order valence-corrected chi connectivity index (χ4v) is 1.18. The number of hydrogen-bond donors (Lipinski definition) is 2. The van der Waals surface area contributed by atoms with Gasteiger partial charge >= 0.3 is 0 Å². The van der Waals surface area contributed by atoms with E-state index in [0.29, 0.717) is 6.54 Å². The molecule has 0 heterocycles. The number of hydrogen-bond acceptors (Lipinski definition) is 3. The highest BCUT2D eigenvalue weighted by molar-refractivity contribution is 5.81. The van der Waals surface area contributed by atoms with Gasteiger partial charge in [-0.25, -0.2) is 4.39 Å². The average molecular weight is 226 g/mol. The number of rotatable bonds is 5. The summed E-state index contributed by atoms with van der Waals surface area (Å²) in [4.78, 5) is 11.4. The van der Waals surface area contributed by atoms with Crippen LogP contribution >= 0.6 is 0 Å². The molecule has 88 valence electrons. The summed E-state index contributed by atoms with van der Waals surface area (Å²) in [5.74, 6) is -0.586. The van der Waals surface area contributed by atoms with Gasteiger partial charge in [0.25, 0.3) is 0 Å². The van der Waals surface area contributed by atoms with Crippen LogP contribution in [0.3, 0.4) is 0 Å². The monoisotopic (exact) mass is 226 g/mol. The van der Waals surface area contributed by atoms with Crippen LogP contribution in [0.25, 0.3) is 0 Å². The number of benzene rings is 1. The van der Waals surface area contributed by atoms with Gasteiger partial charge in [-0.1, -0.05) is 12.1 Å². The maximum atomic E-state index is 12.6. The quantitative estimate of drug-likeness (QED) is 0.764. The van der Waals surface area contributed by atoms with E-state index in [0.717, 1.165) is 5.56 Å². The van der Waals surface area contributed by atoms with Crippen LogP contribution in [0.4, 0.5) is 4.39 Å². The van der Waals surface area contributed by atoms with Crippen molar-refractivity contribution in [3.05, 3.63) is 35.6 Å². The number of carbonyl (C=O) groups excluding carboxylic acids is 1. The number of halogens is 1. The molecule has 0 aromatic heterocycles. The van der Waals surface area contributed by atoms with Crippen molar-refractivity contribution >= 4 is 5.91 Å². The zero-order valence-corrected chi connectivity index (χ0v) is 9.07. The molecule has 1 unspecified atom stereocenters. The zero-order chi connectivity index (χ0) is 12.0. The molecule has 0 aliphatic heterocycles. The van der Waals surface area contributed by atoms with Crippen LogP contribution in [-0.2, 0) is 16.1 Å². The van der Waals surface area contributed by atoms with Crippen LogP contribution in [0, 0.1) is 5.82 Å². The maximum absolute atomic E-state index is 12.6. The molecule has 1 aromatic rings. The molecule has 4 nitrogen and oxygen atoms in total. The lowest BCUT2D eigenvalue weighted by Gasteiger charge is -2.11. The highest BCUT2D eigenvalue weighted by atomic mass is 19.1. The van der Waals surface area contributed by atoms with Crippen LogP contribution in [0.5, 0.6) is 0 Å². The Morgan fingerprint density at radius 3 is 2.69 bits per heavy atom. The van der Waals surface area contributed by atoms with Gasteiger partial charge in [-0.3, -0.25) is 4.79 Å². The molecule has 0 saturated carbocycles. The molecule has 0 aliphatic carbocycles. The first-order valence-electron chi connectivity index (χ1n) is 4.90. The molecule has 16 heavy (non-hydrogen) atoms. The first-order chi connectivity index (χ1) is 7.63. The number of carbonyl (C=O) groups is 1. The molecule has 5 heteroatoms. The SMILES string of the molecule is COCC(N)C(=O)NCc1ccc(F)cc1. The second-order valence-electron chi connectivity index (χ2n) is 3.41. The Kier molecular flexibility index (Phi) is 4.88. The molecule has 1 aromatic carbocycles. The fraction of sp³-hybridized carbons (Fsp3) is 0.364. The predicted molar refractivity (Wildman–Crippen MR) is 58.1 cm³/mol. The third-order valence-corrected chi connectivity index (χ3v) is 2.06. The van der Waals surface area contributed by atoms with E-state index in [1.54, 1.807) is 12.1 Å². The number of methoxy groups -OCH3 is 1. The van der Waals surface area contributed by atoms with E-state index in [9.17, 15) is 9.18 Å². The first kappa shape index (κ1) is 12.6. The summed E-state index contributed by atoms with van der Waals surface area (Å²) in [6.07, 6.45) is 0. The lowest BCUT2D eigenvalue weighted by atomic mass is 10.2. The number of ether oxygens (including phenoxy) is 1. The Bertz CT molecular complexity index is 340. The van der Waals surface area contributed by atoms with Crippen LogP contribution in [0.1, 0.15) is 5.56 Å². The predicted octanol–water partition coefficient (Wildman–Crippen LogP) is 0.416. The summed E-state index contributed by atoms with van der Waals surface area (Å²) in [5.41, 5.74) is 6.34. The molecule has 1 atom stereocenters. The van der Waals surface area contributed by atoms with E-state index in [1.165, 1.54) is 19.2 Å². The summed E-state index contributed by atoms with van der Waals surface area (Å²) in [7, 11) is 1.48. The Morgan fingerprint density at radius 2 is 2.12 bits per heavy atom. The first-order valence-corrected chi connectivity index (χ1v) is 4.90. The minimum atomic E-state index is -0.676. The third-order valence-electron chi connectivity index (χ3n) is 2.06. The highest BCUT2D eigenvalue weighted by Gasteiger charge is 2.11. The Balaban J connectivity index is 2.39. The average Bonchev–Trinajstić information content (AvgIpc) is 2.28. The third kappa shape index (κ3) is 3.96. The minimum absolute atomic E-state index is 0.176. The van der Waals surface area contributed by atoms with Crippen molar-refractivity contribution in [1.29, 1.82) is 0 Å². The fourth-order valence-electron chi connectivity index (χ4n) is 1.18. The Hall–Kier alpha value is -1.46. The zero-order valence-electron chi connectivity index (χ0n) is 9.07. The van der Waals surface area contributed by atoms with E-state index in [1.807, 2.05) is 0 Å². The number of nitrogens with one attached hydrogen (secondary N) is 1. The van der Waals surface area contributed by atoms with Crippen LogP contribution < -0.4 is 11.1 Å². The van der Waals surface area contributed by atoms with Gasteiger partial charge in [-0.15, -0.1) is 0 Å². The maximum Gasteiger partial charge on any atom is 0.239 e. The van der Waals surface area contributed by atoms with Crippen LogP contribution in [-0.4, -0.2) is 25.7 Å². The van der Waals surface area contributed by atoms with Crippen molar-refractivity contribution in [2.45, 2.75) is 12.6 Å². The van der Waals surface area contributed by atoms with E-state index >= 15 is 0 Å². The van der Waals surface area contributed by atoms with Gasteiger partial charge in [0.2, 0.25) is 5.91 Å². The molecule has 0 radical (unpaired) electrons. The Labute approximate surface area is 93.6 Å². The number of nitrogens with two attached hydrogens (primary N) is 1. The summed E-state index contributed by atoms with van der Waals surface area (Å²) in [6, 6.07) is 5.23. The van der Waals surface area contributed by atoms with Crippen molar-refractivity contribution in [1.82, 2.24) is 5.32 Å². The van der Waals surface area contributed by atoms with Crippen LogP contribution in [0.15, 0.2) is 24.3 Å². The smallest absolute Gasteiger partial charge is 0.239 e. The highest BCUT2D eigenvalue weighted by Crippen LogP contribution is 2.01. The van der Waals surface area contributed by atoms with E-state index in [4.69, 9.17) is 10.5 Å². The van der Waals surface area contributed by atoms with Gasteiger partial charge in [0.05, 0.1) is 6.61 Å². The lowest BCUT2D eigenvalue weighted by Crippen LogP contribution is -2.43. The van der Waals surface area contributed by atoms with Crippen molar-refractivity contribution in [2.75, 3.05) is 13.7 Å². The molecule has 0 aliphatic rings. The lowest BCUT2D eigenvalue weighted by molar-refractivity contribution is -0.123. The van der Waals surface area contributed by atoms with E-state index < -0.39 is 6.04 Å². The van der Waals surface area contributed by atoms with Gasteiger partial charge in [0.1, 0.15) is 11.9 Å². The number of amides is 1. The van der Waals surface area contributed by atoms with E-state index in [2.05, 4.69) is 5.32 Å². The van der Waals surface area contributed by atoms with Crippen molar-refractivity contribution in [2.24, 2.45) is 5.73 Å². The standard InChI is InChI=1S/C11H15FN2O2/c1-16-7-10(13)11(15)14-6-8-2-4-9(12)5-3-8/h2-5,10H,6-7,13H2,1H3,(H,14,15). The van der Waals surface area contributed by atoms with E-state index in [-0.39, 0.29) is 18.3 Å². The van der Waals surface area contributed by atoms with Gasteiger partial charge < -0.3 is 15.8 Å². The molecule has 0 bridgehead atoms. The molecule has 0 spiro atoms. The molecule has 0 saturated heterocycles. The molecule has 0 fully saturated rings. The Morgan fingerprint density at radius 1 is 1.50 bits per heavy atom. The molecular formula is C11H15FN2O2. The van der Waals surface area contributed by atoms with Crippen molar-refractivity contribution in [3.63, 3.8) is 0 Å². The van der Waals surface area contributed by atoms with Gasteiger partial charge in [0.15, 0.2) is 0 Å². The minimum Gasteiger partial charge on any atom is -0.383 e. The molecule has 3 N–H and O–H groups in total. The molecule has 1 amide bonds. The van der Waals surface area contributed by atoms with Crippen molar-refractivity contribution in [3.8, 4) is 0 Å². The summed E-state index contributed by atoms with van der Waals surface area (Å²) < 4.78 is 17.3. The van der Waals surface area contributed by atoms with Crippen molar-refractivity contribution < 1.29 is 13.9 Å². The molecule has 1 rings (SSSR count). The normalized spacial score (nSPS) is 12.2. The second-order valence-corrected chi connectivity index (χ2v) is 3.41. The largest absolute Gasteiger partial charge is 0.383 e. The van der Waals surface area contributed by atoms with Gasteiger partial charge in [-0.2, -0.15) is 0 Å². The van der Waals surface area contributed by atoms with Gasteiger partial charge in [0, 0.05) is 13.7 Å². The summed E-state index contributed by atoms with van der Waals surface area (Å²) >= 11 is 0. The van der Waals surface area contributed by atoms with Gasteiger partial charge in [-0.05, 0) is 17.7 Å². The topological polar surface area (TPSA) is 64.3 Å². The summed E-state index contributed by atoms with van der Waals surface area (Å²) in [5, 5.41) is 2.64. The molecular weight excluding hydrogens is 211 g/mol. The second kappa shape index (κ2) is 6.19. The van der Waals surface area contributed by atoms with Crippen LogP contribution in [0.2, 0.25) is 0 Å².